The molecule has 1 nitrogen and oxygen atoms in total. The highest BCUT2D eigenvalue weighted by atomic mass is 35.5. The second kappa shape index (κ2) is 4.47. The number of halogens is 2. The van der Waals surface area contributed by atoms with Crippen molar-refractivity contribution in [3.63, 3.8) is 0 Å². The Morgan fingerprint density at radius 3 is 2.35 bits per heavy atom. The van der Waals surface area contributed by atoms with E-state index in [1.165, 1.54) is 0 Å². The minimum Gasteiger partial charge on any atom is -0.251 e. The molecule has 0 aliphatic carbocycles. The van der Waals surface area contributed by atoms with Crippen LogP contribution in [0.1, 0.15) is 36.6 Å². The van der Waals surface area contributed by atoms with Gasteiger partial charge in [-0.05, 0) is 37.0 Å². The van der Waals surface area contributed by atoms with Gasteiger partial charge in [-0.1, -0.05) is 43.1 Å². The van der Waals surface area contributed by atoms with E-state index in [1.54, 1.807) is 0 Å². The second-order valence-electron chi connectivity index (χ2n) is 4.67. The number of rotatable bonds is 1. The predicted octanol–water partition coefficient (Wildman–Crippen LogP) is 5.28. The lowest BCUT2D eigenvalue weighted by atomic mass is 9.98. The Morgan fingerprint density at radius 2 is 1.76 bits per heavy atom. The van der Waals surface area contributed by atoms with E-state index in [0.29, 0.717) is 10.9 Å². The fourth-order valence-corrected chi connectivity index (χ4v) is 3.04. The van der Waals surface area contributed by atoms with E-state index in [0.717, 1.165) is 32.7 Å². The van der Waals surface area contributed by atoms with Gasteiger partial charge in [-0.25, -0.2) is 0 Å². The minimum atomic E-state index is 0.359. The van der Waals surface area contributed by atoms with Crippen LogP contribution in [-0.2, 0) is 0 Å². The van der Waals surface area contributed by atoms with Crippen molar-refractivity contribution in [2.75, 3.05) is 0 Å². The molecule has 1 aromatic heterocycles. The largest absolute Gasteiger partial charge is 0.251 e. The molecule has 0 fully saturated rings. The number of benzene rings is 1. The first-order chi connectivity index (χ1) is 7.93. The van der Waals surface area contributed by atoms with Gasteiger partial charge >= 0.3 is 0 Å². The van der Waals surface area contributed by atoms with Crippen LogP contribution in [0.4, 0.5) is 0 Å². The Bertz CT molecular complexity index is 589. The lowest BCUT2D eigenvalue weighted by Gasteiger charge is -2.15. The topological polar surface area (TPSA) is 12.9 Å². The fourth-order valence-electron chi connectivity index (χ4n) is 2.25. The summed E-state index contributed by atoms with van der Waals surface area (Å²) in [5, 5.41) is 2.43. The van der Waals surface area contributed by atoms with Gasteiger partial charge in [-0.15, -0.1) is 0 Å². The Labute approximate surface area is 112 Å². The summed E-state index contributed by atoms with van der Waals surface area (Å²) >= 11 is 12.7. The molecule has 0 aliphatic heterocycles. The monoisotopic (exact) mass is 267 g/mol. The summed E-state index contributed by atoms with van der Waals surface area (Å²) in [5.74, 6) is 0.359. The quantitative estimate of drug-likeness (QED) is 0.685. The highest BCUT2D eigenvalue weighted by molar-refractivity contribution is 6.40. The van der Waals surface area contributed by atoms with Gasteiger partial charge in [0.25, 0.3) is 0 Å². The average molecular weight is 268 g/mol. The molecule has 2 aromatic rings. The van der Waals surface area contributed by atoms with E-state index in [4.69, 9.17) is 23.2 Å². The molecule has 0 aliphatic rings. The second-order valence-corrected chi connectivity index (χ2v) is 5.45. The molecule has 17 heavy (non-hydrogen) atoms. The Balaban J connectivity index is 2.97. The van der Waals surface area contributed by atoms with Crippen molar-refractivity contribution in [1.82, 2.24) is 4.98 Å². The maximum Gasteiger partial charge on any atom is 0.0909 e. The average Bonchev–Trinajstić information content (AvgIpc) is 2.22. The van der Waals surface area contributed by atoms with Crippen LogP contribution < -0.4 is 0 Å². The molecule has 1 heterocycles. The van der Waals surface area contributed by atoms with Crippen LogP contribution in [-0.4, -0.2) is 4.98 Å². The SMILES string of the molecule is Cc1nc2c(Cl)ccc(C)c2c(Cl)c1C(C)C. The van der Waals surface area contributed by atoms with Crippen LogP contribution in [0.3, 0.4) is 0 Å². The molecule has 0 atom stereocenters. The summed E-state index contributed by atoms with van der Waals surface area (Å²) in [5.41, 5.74) is 4.00. The molecule has 0 saturated carbocycles. The molecule has 0 radical (unpaired) electrons. The molecule has 3 heteroatoms. The van der Waals surface area contributed by atoms with Gasteiger partial charge in [0, 0.05) is 11.1 Å². The van der Waals surface area contributed by atoms with Crippen molar-refractivity contribution in [2.24, 2.45) is 0 Å². The Kier molecular flexibility index (Phi) is 3.33. The van der Waals surface area contributed by atoms with Crippen molar-refractivity contribution in [3.8, 4) is 0 Å². The van der Waals surface area contributed by atoms with Crippen LogP contribution in [0, 0.1) is 13.8 Å². The maximum atomic E-state index is 6.52. The number of hydrogen-bond donors (Lipinski definition) is 0. The normalized spacial score (nSPS) is 11.5. The zero-order valence-corrected chi connectivity index (χ0v) is 11.9. The number of pyridine rings is 1. The predicted molar refractivity (Wildman–Crippen MR) is 75.3 cm³/mol. The summed E-state index contributed by atoms with van der Waals surface area (Å²) < 4.78 is 0. The van der Waals surface area contributed by atoms with E-state index >= 15 is 0 Å². The van der Waals surface area contributed by atoms with E-state index in [9.17, 15) is 0 Å². The summed E-state index contributed by atoms with van der Waals surface area (Å²) in [6.45, 7) is 8.27. The van der Waals surface area contributed by atoms with Gasteiger partial charge in [0.15, 0.2) is 0 Å². The number of fused-ring (bicyclic) bond motifs is 1. The van der Waals surface area contributed by atoms with Crippen LogP contribution in [0.25, 0.3) is 10.9 Å². The first kappa shape index (κ1) is 12.7. The standard InChI is InChI=1S/C14H15Cl2N/c1-7(2)11-9(4)17-14-10(15)6-5-8(3)12(14)13(11)16/h5-7H,1-4H3. The highest BCUT2D eigenvalue weighted by Gasteiger charge is 2.16. The van der Waals surface area contributed by atoms with Gasteiger partial charge in [-0.3, -0.25) is 4.98 Å². The maximum absolute atomic E-state index is 6.52. The van der Waals surface area contributed by atoms with Crippen molar-refractivity contribution in [1.29, 1.82) is 0 Å². The lowest BCUT2D eigenvalue weighted by Crippen LogP contribution is -1.99. The van der Waals surface area contributed by atoms with Crippen LogP contribution in [0.2, 0.25) is 10.0 Å². The van der Waals surface area contributed by atoms with Crippen molar-refractivity contribution >= 4 is 34.1 Å². The fraction of sp³-hybridized carbons (Fsp3) is 0.357. The summed E-state index contributed by atoms with van der Waals surface area (Å²) in [6.07, 6.45) is 0. The van der Waals surface area contributed by atoms with Crippen molar-refractivity contribution in [3.05, 3.63) is 39.0 Å². The molecule has 90 valence electrons. The summed E-state index contributed by atoms with van der Waals surface area (Å²) in [6, 6.07) is 3.86. The molecule has 0 spiro atoms. The number of hydrogen-bond acceptors (Lipinski definition) is 1. The third kappa shape index (κ3) is 2.02. The molecule has 0 N–H and O–H groups in total. The molecule has 0 saturated heterocycles. The van der Waals surface area contributed by atoms with E-state index < -0.39 is 0 Å². The summed E-state index contributed by atoms with van der Waals surface area (Å²) in [7, 11) is 0. The van der Waals surface area contributed by atoms with Crippen LogP contribution in [0.15, 0.2) is 12.1 Å². The van der Waals surface area contributed by atoms with E-state index in [2.05, 4.69) is 18.8 Å². The van der Waals surface area contributed by atoms with Gasteiger partial charge in [0.05, 0.1) is 15.6 Å². The van der Waals surface area contributed by atoms with Gasteiger partial charge in [0.2, 0.25) is 0 Å². The molecule has 2 rings (SSSR count). The molecule has 1 aromatic carbocycles. The Morgan fingerprint density at radius 1 is 1.12 bits per heavy atom. The van der Waals surface area contributed by atoms with Gasteiger partial charge < -0.3 is 0 Å². The zero-order chi connectivity index (χ0) is 12.7. The number of nitrogens with zero attached hydrogens (tertiary/aromatic N) is 1. The van der Waals surface area contributed by atoms with Gasteiger partial charge in [0.1, 0.15) is 0 Å². The highest BCUT2D eigenvalue weighted by Crippen LogP contribution is 2.37. The van der Waals surface area contributed by atoms with E-state index in [1.807, 2.05) is 26.0 Å². The molecular weight excluding hydrogens is 253 g/mol. The van der Waals surface area contributed by atoms with Crippen molar-refractivity contribution in [2.45, 2.75) is 33.6 Å². The molecule has 0 bridgehead atoms. The minimum absolute atomic E-state index is 0.359. The van der Waals surface area contributed by atoms with Crippen LogP contribution in [0.5, 0.6) is 0 Å². The van der Waals surface area contributed by atoms with Crippen molar-refractivity contribution < 1.29 is 0 Å². The van der Waals surface area contributed by atoms with Gasteiger partial charge in [-0.2, -0.15) is 0 Å². The summed E-state index contributed by atoms with van der Waals surface area (Å²) in [4.78, 5) is 4.60. The third-order valence-electron chi connectivity index (χ3n) is 3.04. The molecule has 0 unspecified atom stereocenters. The third-order valence-corrected chi connectivity index (χ3v) is 3.74. The first-order valence-corrected chi connectivity index (χ1v) is 6.44. The smallest absolute Gasteiger partial charge is 0.0909 e. The molecule has 0 amide bonds. The number of aromatic nitrogens is 1. The van der Waals surface area contributed by atoms with Crippen LogP contribution >= 0.6 is 23.2 Å². The number of aryl methyl sites for hydroxylation is 2. The Hall–Kier alpha value is -0.790. The first-order valence-electron chi connectivity index (χ1n) is 5.68. The van der Waals surface area contributed by atoms with E-state index in [-0.39, 0.29) is 0 Å². The molecular formula is C14H15Cl2N. The lowest BCUT2D eigenvalue weighted by molar-refractivity contribution is 0.848. The zero-order valence-electron chi connectivity index (χ0n) is 10.4.